The van der Waals surface area contributed by atoms with Gasteiger partial charge in [-0.05, 0) is 30.3 Å². The first-order valence-electron chi connectivity index (χ1n) is 6.72. The van der Waals surface area contributed by atoms with Gasteiger partial charge in [-0.2, -0.15) is 0 Å². The third-order valence-electron chi connectivity index (χ3n) is 3.09. The minimum absolute atomic E-state index is 0.0951. The summed E-state index contributed by atoms with van der Waals surface area (Å²) in [6.45, 7) is 0. The minimum Gasteiger partial charge on any atom is -0.293 e. The Balaban J connectivity index is 1.67. The molecule has 116 valence electrons. The molecule has 0 atom stereocenters. The first-order valence-corrected chi connectivity index (χ1v) is 8.50. The number of aromatic nitrogens is 3. The first-order chi connectivity index (χ1) is 11.1. The number of rotatable bonds is 5. The number of hydrogen-bond acceptors (Lipinski definition) is 4. The average molecular weight is 392 g/mol. The van der Waals surface area contributed by atoms with E-state index in [0.29, 0.717) is 16.5 Å². The molecule has 4 nitrogen and oxygen atoms in total. The smallest absolute Gasteiger partial charge is 0.209 e. The van der Waals surface area contributed by atoms with Crippen LogP contribution in [0.2, 0.25) is 0 Å². The lowest BCUT2D eigenvalue weighted by Gasteiger charge is -1.99. The number of aromatic amines is 1. The van der Waals surface area contributed by atoms with Crippen molar-refractivity contribution < 1.29 is 9.18 Å². The SMILES string of the molecule is O=C(CSc1n[nH]c(-c2ccccc2Br)n1)c1ccc(F)cc1. The van der Waals surface area contributed by atoms with E-state index in [1.54, 1.807) is 0 Å². The number of nitrogens with one attached hydrogen (secondary N) is 1. The van der Waals surface area contributed by atoms with Gasteiger partial charge >= 0.3 is 0 Å². The largest absolute Gasteiger partial charge is 0.293 e. The van der Waals surface area contributed by atoms with Crippen LogP contribution in [0.4, 0.5) is 4.39 Å². The number of ketones is 1. The molecule has 0 radical (unpaired) electrons. The highest BCUT2D eigenvalue weighted by atomic mass is 79.9. The Hall–Kier alpha value is -1.99. The van der Waals surface area contributed by atoms with E-state index < -0.39 is 0 Å². The van der Waals surface area contributed by atoms with E-state index in [4.69, 9.17) is 0 Å². The van der Waals surface area contributed by atoms with E-state index in [9.17, 15) is 9.18 Å². The van der Waals surface area contributed by atoms with Crippen molar-refractivity contribution in [1.29, 1.82) is 0 Å². The molecule has 23 heavy (non-hydrogen) atoms. The second-order valence-corrected chi connectivity index (χ2v) is 6.46. The van der Waals surface area contributed by atoms with Crippen LogP contribution in [0.15, 0.2) is 58.2 Å². The van der Waals surface area contributed by atoms with Crippen LogP contribution in [0.3, 0.4) is 0 Å². The van der Waals surface area contributed by atoms with Crippen molar-refractivity contribution in [3.63, 3.8) is 0 Å². The van der Waals surface area contributed by atoms with Crippen molar-refractivity contribution in [2.24, 2.45) is 0 Å². The maximum absolute atomic E-state index is 12.9. The van der Waals surface area contributed by atoms with Crippen molar-refractivity contribution in [3.05, 3.63) is 64.4 Å². The fourth-order valence-electron chi connectivity index (χ4n) is 1.93. The summed E-state index contributed by atoms with van der Waals surface area (Å²) >= 11 is 4.70. The third kappa shape index (κ3) is 3.86. The molecule has 3 aromatic rings. The van der Waals surface area contributed by atoms with Crippen LogP contribution in [0.5, 0.6) is 0 Å². The number of Topliss-reactive ketones (excluding diaryl/α,β-unsaturated/α-hetero) is 1. The molecule has 0 saturated carbocycles. The zero-order valence-corrected chi connectivity index (χ0v) is 14.2. The predicted octanol–water partition coefficient (Wildman–Crippen LogP) is 4.35. The van der Waals surface area contributed by atoms with Crippen molar-refractivity contribution in [2.45, 2.75) is 5.16 Å². The Bertz CT molecular complexity index is 835. The number of carbonyl (C=O) groups excluding carboxylic acids is 1. The summed E-state index contributed by atoms with van der Waals surface area (Å²) in [5, 5.41) is 7.46. The molecule has 0 bridgehead atoms. The summed E-state index contributed by atoms with van der Waals surface area (Å²) in [7, 11) is 0. The van der Waals surface area contributed by atoms with E-state index >= 15 is 0 Å². The number of halogens is 2. The molecule has 2 aromatic carbocycles. The van der Waals surface area contributed by atoms with Crippen LogP contribution in [0, 0.1) is 5.82 Å². The topological polar surface area (TPSA) is 58.6 Å². The molecule has 0 aliphatic carbocycles. The van der Waals surface area contributed by atoms with Gasteiger partial charge in [-0.3, -0.25) is 9.89 Å². The van der Waals surface area contributed by atoms with Crippen LogP contribution in [-0.2, 0) is 0 Å². The Morgan fingerprint density at radius 1 is 1.17 bits per heavy atom. The van der Waals surface area contributed by atoms with Gasteiger partial charge in [-0.15, -0.1) is 5.10 Å². The van der Waals surface area contributed by atoms with Crippen LogP contribution >= 0.6 is 27.7 Å². The molecule has 0 unspecified atom stereocenters. The number of hydrogen-bond donors (Lipinski definition) is 1. The highest BCUT2D eigenvalue weighted by Crippen LogP contribution is 2.26. The van der Waals surface area contributed by atoms with Gasteiger partial charge in [-0.25, -0.2) is 9.37 Å². The lowest BCUT2D eigenvalue weighted by Crippen LogP contribution is -2.02. The summed E-state index contributed by atoms with van der Waals surface area (Å²) in [6.07, 6.45) is 0. The highest BCUT2D eigenvalue weighted by Gasteiger charge is 2.12. The number of carbonyl (C=O) groups is 1. The summed E-state index contributed by atoms with van der Waals surface area (Å²) in [4.78, 5) is 16.4. The maximum Gasteiger partial charge on any atom is 0.209 e. The summed E-state index contributed by atoms with van der Waals surface area (Å²) in [5.74, 6) is 0.372. The Morgan fingerprint density at radius 2 is 1.91 bits per heavy atom. The lowest BCUT2D eigenvalue weighted by molar-refractivity contribution is 0.102. The van der Waals surface area contributed by atoms with E-state index in [1.807, 2.05) is 24.3 Å². The van der Waals surface area contributed by atoms with Gasteiger partial charge in [-0.1, -0.05) is 45.9 Å². The van der Waals surface area contributed by atoms with E-state index in [2.05, 4.69) is 31.1 Å². The molecule has 7 heteroatoms. The van der Waals surface area contributed by atoms with Gasteiger partial charge in [0, 0.05) is 15.6 Å². The second-order valence-electron chi connectivity index (χ2n) is 4.67. The molecule has 0 amide bonds. The van der Waals surface area contributed by atoms with E-state index in [0.717, 1.165) is 10.0 Å². The number of thioether (sulfide) groups is 1. The Labute approximate surface area is 144 Å². The molecule has 0 aliphatic rings. The Kier molecular flexibility index (Phi) is 4.88. The second kappa shape index (κ2) is 7.06. The molecule has 1 aromatic heterocycles. The molecule has 0 aliphatic heterocycles. The van der Waals surface area contributed by atoms with Gasteiger partial charge < -0.3 is 0 Å². The summed E-state index contributed by atoms with van der Waals surface area (Å²) in [6, 6.07) is 13.2. The molecule has 1 N–H and O–H groups in total. The maximum atomic E-state index is 12.9. The molecule has 1 heterocycles. The molecule has 0 fully saturated rings. The van der Waals surface area contributed by atoms with Crippen LogP contribution < -0.4 is 0 Å². The van der Waals surface area contributed by atoms with Crippen LogP contribution in [-0.4, -0.2) is 26.7 Å². The standard InChI is InChI=1S/C16H11BrFN3OS/c17-13-4-2-1-3-12(13)15-19-16(21-20-15)23-9-14(22)10-5-7-11(18)8-6-10/h1-8H,9H2,(H,19,20,21). The van der Waals surface area contributed by atoms with Crippen molar-refractivity contribution in [3.8, 4) is 11.4 Å². The van der Waals surface area contributed by atoms with Gasteiger partial charge in [0.25, 0.3) is 0 Å². The first kappa shape index (κ1) is 15.9. The number of H-pyrrole nitrogens is 1. The number of nitrogens with zero attached hydrogens (tertiary/aromatic N) is 2. The van der Waals surface area contributed by atoms with E-state index in [-0.39, 0.29) is 17.4 Å². The van der Waals surface area contributed by atoms with Crippen molar-refractivity contribution in [2.75, 3.05) is 5.75 Å². The molecule has 0 saturated heterocycles. The van der Waals surface area contributed by atoms with Crippen molar-refractivity contribution >= 4 is 33.5 Å². The fraction of sp³-hybridized carbons (Fsp3) is 0.0625. The quantitative estimate of drug-likeness (QED) is 0.518. The third-order valence-corrected chi connectivity index (χ3v) is 4.63. The van der Waals surface area contributed by atoms with Crippen molar-refractivity contribution in [1.82, 2.24) is 15.2 Å². The summed E-state index contributed by atoms with van der Waals surface area (Å²) in [5.41, 5.74) is 1.37. The highest BCUT2D eigenvalue weighted by molar-refractivity contribution is 9.10. The summed E-state index contributed by atoms with van der Waals surface area (Å²) < 4.78 is 13.8. The lowest BCUT2D eigenvalue weighted by atomic mass is 10.1. The zero-order chi connectivity index (χ0) is 16.2. The number of benzene rings is 2. The molecule has 0 spiro atoms. The molecule has 3 rings (SSSR count). The molecular formula is C16H11BrFN3OS. The van der Waals surface area contributed by atoms with Gasteiger partial charge in [0.15, 0.2) is 11.6 Å². The average Bonchev–Trinajstić information content (AvgIpc) is 3.02. The normalized spacial score (nSPS) is 10.7. The van der Waals surface area contributed by atoms with Gasteiger partial charge in [0.05, 0.1) is 5.75 Å². The van der Waals surface area contributed by atoms with Crippen LogP contribution in [0.25, 0.3) is 11.4 Å². The Morgan fingerprint density at radius 3 is 2.65 bits per heavy atom. The monoisotopic (exact) mass is 391 g/mol. The molecular weight excluding hydrogens is 381 g/mol. The van der Waals surface area contributed by atoms with Gasteiger partial charge in [0.2, 0.25) is 5.16 Å². The van der Waals surface area contributed by atoms with E-state index in [1.165, 1.54) is 36.0 Å². The fourth-order valence-corrected chi connectivity index (χ4v) is 3.10. The van der Waals surface area contributed by atoms with Crippen LogP contribution in [0.1, 0.15) is 10.4 Å². The predicted molar refractivity (Wildman–Crippen MR) is 91.0 cm³/mol. The minimum atomic E-state index is -0.360. The van der Waals surface area contributed by atoms with Gasteiger partial charge in [0.1, 0.15) is 5.82 Å². The zero-order valence-electron chi connectivity index (χ0n) is 11.8.